The van der Waals surface area contributed by atoms with Crippen LogP contribution in [0.15, 0.2) is 48.5 Å². The summed E-state index contributed by atoms with van der Waals surface area (Å²) in [5.41, 5.74) is 4.55. The first-order chi connectivity index (χ1) is 14.7. The zero-order chi connectivity index (χ0) is 23.0. The van der Waals surface area contributed by atoms with E-state index in [0.717, 1.165) is 29.7 Å². The van der Waals surface area contributed by atoms with E-state index in [0.29, 0.717) is 18.0 Å². The van der Waals surface area contributed by atoms with E-state index in [1.54, 1.807) is 0 Å². The number of amides is 1. The number of nitriles is 1. The van der Waals surface area contributed by atoms with Crippen LogP contribution in [0.4, 0.5) is 0 Å². The highest BCUT2D eigenvalue weighted by Crippen LogP contribution is 2.29. The van der Waals surface area contributed by atoms with Gasteiger partial charge in [-0.2, -0.15) is 5.26 Å². The number of rotatable bonds is 10. The number of hydrogen-bond donors (Lipinski definition) is 1. The molecule has 0 aliphatic carbocycles. The zero-order valence-corrected chi connectivity index (χ0v) is 19.9. The smallest absolute Gasteiger partial charge is 0.228 e. The van der Waals surface area contributed by atoms with E-state index in [-0.39, 0.29) is 18.4 Å². The van der Waals surface area contributed by atoms with Gasteiger partial charge in [-0.1, -0.05) is 62.4 Å². The molecule has 2 aromatic rings. The minimum absolute atomic E-state index is 0.0400. The highest BCUT2D eigenvalue weighted by Gasteiger charge is 2.22. The van der Waals surface area contributed by atoms with Crippen molar-refractivity contribution < 1.29 is 4.79 Å². The first-order valence-corrected chi connectivity index (χ1v) is 11.3. The Labute approximate surface area is 188 Å². The summed E-state index contributed by atoms with van der Waals surface area (Å²) < 4.78 is 0. The molecule has 166 valence electrons. The molecule has 0 heterocycles. The third kappa shape index (κ3) is 7.22. The summed E-state index contributed by atoms with van der Waals surface area (Å²) in [6, 6.07) is 20.0. The summed E-state index contributed by atoms with van der Waals surface area (Å²) >= 11 is 0. The molecule has 31 heavy (non-hydrogen) atoms. The van der Waals surface area contributed by atoms with Crippen molar-refractivity contribution in [2.75, 3.05) is 6.54 Å². The number of nitrogens with zero attached hydrogens (tertiary/aromatic N) is 2. The lowest BCUT2D eigenvalue weighted by Gasteiger charge is -2.30. The van der Waals surface area contributed by atoms with Crippen molar-refractivity contribution in [3.05, 3.63) is 59.7 Å². The Morgan fingerprint density at radius 1 is 0.968 bits per heavy atom. The second-order valence-corrected chi connectivity index (χ2v) is 9.24. The van der Waals surface area contributed by atoms with Crippen LogP contribution >= 0.6 is 0 Å². The van der Waals surface area contributed by atoms with Gasteiger partial charge < -0.3 is 5.32 Å². The van der Waals surface area contributed by atoms with E-state index in [9.17, 15) is 4.79 Å². The van der Waals surface area contributed by atoms with Crippen LogP contribution in [0.3, 0.4) is 0 Å². The molecule has 0 spiro atoms. The third-order valence-electron chi connectivity index (χ3n) is 5.63. The van der Waals surface area contributed by atoms with Crippen LogP contribution in [-0.2, 0) is 11.3 Å². The molecule has 0 aromatic heterocycles. The van der Waals surface area contributed by atoms with Crippen molar-refractivity contribution in [2.24, 2.45) is 5.92 Å². The molecule has 0 unspecified atom stereocenters. The molecule has 0 radical (unpaired) electrons. The van der Waals surface area contributed by atoms with Gasteiger partial charge in [0.15, 0.2) is 0 Å². The van der Waals surface area contributed by atoms with Gasteiger partial charge in [-0.25, -0.2) is 0 Å². The minimum Gasteiger partial charge on any atom is -0.342 e. The van der Waals surface area contributed by atoms with Gasteiger partial charge in [-0.05, 0) is 62.3 Å². The van der Waals surface area contributed by atoms with Crippen molar-refractivity contribution in [3.8, 4) is 17.2 Å². The molecule has 0 bridgehead atoms. The Hall–Kier alpha value is -2.64. The highest BCUT2D eigenvalue weighted by molar-refractivity contribution is 5.84. The first-order valence-electron chi connectivity index (χ1n) is 11.3. The van der Waals surface area contributed by atoms with Crippen LogP contribution in [0, 0.1) is 17.2 Å². The monoisotopic (exact) mass is 419 g/mol. The standard InChI is InChI=1S/C27H37N3O/c1-19(2)16-26(27(31)29-15-14-28)25-9-7-8-24(17-25)23-12-10-22(11-13-23)18-30(20(3)4)21(5)6/h7-13,17,19-21,26H,15-16,18H2,1-6H3,(H,29,31)/t26-/m1/s1. The van der Waals surface area contributed by atoms with Gasteiger partial charge in [-0.15, -0.1) is 0 Å². The van der Waals surface area contributed by atoms with E-state index in [1.807, 2.05) is 18.2 Å². The number of benzene rings is 2. The lowest BCUT2D eigenvalue weighted by atomic mass is 9.88. The second-order valence-electron chi connectivity index (χ2n) is 9.24. The van der Waals surface area contributed by atoms with E-state index in [1.165, 1.54) is 5.56 Å². The van der Waals surface area contributed by atoms with Gasteiger partial charge in [0.25, 0.3) is 0 Å². The topological polar surface area (TPSA) is 56.1 Å². The van der Waals surface area contributed by atoms with Gasteiger partial charge in [0.1, 0.15) is 6.54 Å². The summed E-state index contributed by atoms with van der Waals surface area (Å²) in [5, 5.41) is 11.5. The summed E-state index contributed by atoms with van der Waals surface area (Å²) in [4.78, 5) is 15.2. The Kier molecular flexibility index (Phi) is 9.27. The Balaban J connectivity index is 2.25. The average Bonchev–Trinajstić information content (AvgIpc) is 2.74. The van der Waals surface area contributed by atoms with Gasteiger partial charge >= 0.3 is 0 Å². The summed E-state index contributed by atoms with van der Waals surface area (Å²) in [6.07, 6.45) is 0.750. The number of carbonyl (C=O) groups is 1. The second kappa shape index (κ2) is 11.7. The average molecular weight is 420 g/mol. The molecule has 1 atom stereocenters. The fourth-order valence-electron chi connectivity index (χ4n) is 4.03. The van der Waals surface area contributed by atoms with Gasteiger partial charge in [-0.3, -0.25) is 9.69 Å². The lowest BCUT2D eigenvalue weighted by molar-refractivity contribution is -0.122. The molecule has 0 aliphatic heterocycles. The molecule has 0 aliphatic rings. The molecule has 1 amide bonds. The van der Waals surface area contributed by atoms with E-state index >= 15 is 0 Å². The molecule has 1 N–H and O–H groups in total. The molecule has 2 rings (SSSR count). The van der Waals surface area contributed by atoms with Crippen LogP contribution in [0.1, 0.15) is 65.0 Å². The van der Waals surface area contributed by atoms with Gasteiger partial charge in [0.2, 0.25) is 5.91 Å². The molecule has 0 saturated heterocycles. The zero-order valence-electron chi connectivity index (χ0n) is 19.9. The van der Waals surface area contributed by atoms with Crippen molar-refractivity contribution in [1.29, 1.82) is 5.26 Å². The molecule has 0 fully saturated rings. The highest BCUT2D eigenvalue weighted by atomic mass is 16.1. The Morgan fingerprint density at radius 2 is 1.61 bits per heavy atom. The predicted molar refractivity (Wildman–Crippen MR) is 129 cm³/mol. The van der Waals surface area contributed by atoms with Crippen LogP contribution in [0.25, 0.3) is 11.1 Å². The molecular weight excluding hydrogens is 382 g/mol. The maximum absolute atomic E-state index is 12.7. The van der Waals surface area contributed by atoms with Crippen molar-refractivity contribution in [2.45, 2.75) is 72.5 Å². The first kappa shape index (κ1) is 24.6. The van der Waals surface area contributed by atoms with Crippen LogP contribution in [0.2, 0.25) is 0 Å². The lowest BCUT2D eigenvalue weighted by Crippen LogP contribution is -2.36. The molecule has 0 saturated carbocycles. The maximum atomic E-state index is 12.7. The Bertz CT molecular complexity index is 870. The normalized spacial score (nSPS) is 12.4. The van der Waals surface area contributed by atoms with Crippen molar-refractivity contribution in [1.82, 2.24) is 10.2 Å². The molecule has 4 heteroatoms. The number of nitrogens with one attached hydrogen (secondary N) is 1. The van der Waals surface area contributed by atoms with Crippen molar-refractivity contribution in [3.63, 3.8) is 0 Å². The quantitative estimate of drug-likeness (QED) is 0.500. The maximum Gasteiger partial charge on any atom is 0.228 e. The van der Waals surface area contributed by atoms with E-state index in [4.69, 9.17) is 5.26 Å². The number of hydrogen-bond acceptors (Lipinski definition) is 3. The van der Waals surface area contributed by atoms with Crippen LogP contribution in [-0.4, -0.2) is 29.4 Å². The summed E-state index contributed by atoms with van der Waals surface area (Å²) in [7, 11) is 0. The fourth-order valence-corrected chi connectivity index (χ4v) is 4.03. The van der Waals surface area contributed by atoms with Crippen LogP contribution in [0.5, 0.6) is 0 Å². The fraction of sp³-hybridized carbons (Fsp3) is 0.481. The molecule has 4 nitrogen and oxygen atoms in total. The Morgan fingerprint density at radius 3 is 2.16 bits per heavy atom. The van der Waals surface area contributed by atoms with Gasteiger partial charge in [0.05, 0.1) is 12.0 Å². The van der Waals surface area contributed by atoms with E-state index in [2.05, 4.69) is 88.2 Å². The van der Waals surface area contributed by atoms with Gasteiger partial charge in [0, 0.05) is 18.6 Å². The minimum atomic E-state index is -0.252. The SMILES string of the molecule is CC(C)C[C@@H](C(=O)NCC#N)c1cccc(-c2ccc(CN(C(C)C)C(C)C)cc2)c1. The third-order valence-corrected chi connectivity index (χ3v) is 5.63. The summed E-state index contributed by atoms with van der Waals surface area (Å²) in [5.74, 6) is 0.0501. The number of carbonyl (C=O) groups excluding carboxylic acids is 1. The largest absolute Gasteiger partial charge is 0.342 e. The van der Waals surface area contributed by atoms with Crippen LogP contribution < -0.4 is 5.32 Å². The van der Waals surface area contributed by atoms with Crippen molar-refractivity contribution >= 4 is 5.91 Å². The van der Waals surface area contributed by atoms with E-state index < -0.39 is 0 Å². The predicted octanol–water partition coefficient (Wildman–Crippen LogP) is 5.74. The molecule has 2 aromatic carbocycles. The molecular formula is C27H37N3O. The summed E-state index contributed by atoms with van der Waals surface area (Å²) in [6.45, 7) is 14.2.